The van der Waals surface area contributed by atoms with Crippen LogP contribution < -0.4 is 15.5 Å². The molecular formula is C16H26N6O2. The van der Waals surface area contributed by atoms with Crippen LogP contribution >= 0.6 is 0 Å². The van der Waals surface area contributed by atoms with Crippen LogP contribution in [0.3, 0.4) is 0 Å². The van der Waals surface area contributed by atoms with Gasteiger partial charge in [0.15, 0.2) is 0 Å². The third-order valence-electron chi connectivity index (χ3n) is 4.02. The Morgan fingerprint density at radius 3 is 2.46 bits per heavy atom. The van der Waals surface area contributed by atoms with E-state index in [0.29, 0.717) is 12.5 Å². The maximum atomic E-state index is 12.2. The Kier molecular flexibility index (Phi) is 6.48. The number of carbonyl (C=O) groups is 2. The molecule has 1 aromatic rings. The standard InChI is InChI=1S/C16H26N6O2/c1-12(2)10-19-16(24)20-15(23)13(3)21-6-8-22(9-7-21)14-11-17-4-5-18-14/h4-5,11-13H,6-10H2,1-3H3,(H2,19,20,23,24). The van der Waals surface area contributed by atoms with E-state index in [-0.39, 0.29) is 11.9 Å². The molecule has 1 aliphatic heterocycles. The molecule has 0 spiro atoms. The summed E-state index contributed by atoms with van der Waals surface area (Å²) < 4.78 is 0. The third-order valence-corrected chi connectivity index (χ3v) is 4.02. The monoisotopic (exact) mass is 334 g/mol. The van der Waals surface area contributed by atoms with Gasteiger partial charge in [0.2, 0.25) is 5.91 Å². The van der Waals surface area contributed by atoms with Crippen molar-refractivity contribution in [3.63, 3.8) is 0 Å². The fourth-order valence-electron chi connectivity index (χ4n) is 2.52. The van der Waals surface area contributed by atoms with Gasteiger partial charge in [0.1, 0.15) is 5.82 Å². The summed E-state index contributed by atoms with van der Waals surface area (Å²) in [6, 6.07) is -0.780. The van der Waals surface area contributed by atoms with Crippen LogP contribution in [0, 0.1) is 5.92 Å². The number of hydrogen-bond acceptors (Lipinski definition) is 6. The summed E-state index contributed by atoms with van der Waals surface area (Å²) >= 11 is 0. The van der Waals surface area contributed by atoms with Crippen molar-refractivity contribution in [2.24, 2.45) is 5.92 Å². The van der Waals surface area contributed by atoms with Crippen LogP contribution in [0.4, 0.5) is 10.6 Å². The lowest BCUT2D eigenvalue weighted by Gasteiger charge is -2.37. The highest BCUT2D eigenvalue weighted by Crippen LogP contribution is 2.13. The van der Waals surface area contributed by atoms with Gasteiger partial charge < -0.3 is 10.2 Å². The van der Waals surface area contributed by atoms with E-state index < -0.39 is 6.03 Å². The molecule has 24 heavy (non-hydrogen) atoms. The Labute approximate surface area is 142 Å². The normalized spacial score (nSPS) is 16.8. The van der Waals surface area contributed by atoms with Crippen molar-refractivity contribution >= 4 is 17.8 Å². The molecule has 0 aromatic carbocycles. The number of piperazine rings is 1. The first-order chi connectivity index (χ1) is 11.5. The zero-order valence-corrected chi connectivity index (χ0v) is 14.5. The Morgan fingerprint density at radius 2 is 1.88 bits per heavy atom. The van der Waals surface area contributed by atoms with Crippen LogP contribution in [0.2, 0.25) is 0 Å². The highest BCUT2D eigenvalue weighted by atomic mass is 16.2. The molecule has 1 fully saturated rings. The second-order valence-corrected chi connectivity index (χ2v) is 6.36. The molecule has 132 valence electrons. The van der Waals surface area contributed by atoms with Gasteiger partial charge in [-0.05, 0) is 12.8 Å². The van der Waals surface area contributed by atoms with Gasteiger partial charge in [0, 0.05) is 45.1 Å². The first-order valence-corrected chi connectivity index (χ1v) is 8.31. The Balaban J connectivity index is 1.78. The van der Waals surface area contributed by atoms with Crippen LogP contribution in [0.25, 0.3) is 0 Å². The molecule has 2 rings (SSSR count). The van der Waals surface area contributed by atoms with Gasteiger partial charge in [0.05, 0.1) is 12.2 Å². The molecule has 2 N–H and O–H groups in total. The average molecular weight is 334 g/mol. The zero-order chi connectivity index (χ0) is 17.5. The van der Waals surface area contributed by atoms with Crippen molar-refractivity contribution in [2.45, 2.75) is 26.8 Å². The summed E-state index contributed by atoms with van der Waals surface area (Å²) in [5.41, 5.74) is 0. The van der Waals surface area contributed by atoms with E-state index in [1.165, 1.54) is 0 Å². The molecule has 8 nitrogen and oxygen atoms in total. The van der Waals surface area contributed by atoms with Crippen molar-refractivity contribution in [3.05, 3.63) is 18.6 Å². The molecule has 0 aliphatic carbocycles. The van der Waals surface area contributed by atoms with Crippen LogP contribution in [0.5, 0.6) is 0 Å². The Bertz CT molecular complexity index is 543. The summed E-state index contributed by atoms with van der Waals surface area (Å²) in [6.45, 7) is 9.39. The van der Waals surface area contributed by atoms with Crippen LogP contribution in [0.1, 0.15) is 20.8 Å². The third kappa shape index (κ3) is 5.16. The van der Waals surface area contributed by atoms with Crippen molar-refractivity contribution in [2.75, 3.05) is 37.6 Å². The first kappa shape index (κ1) is 18.1. The van der Waals surface area contributed by atoms with E-state index in [1.807, 2.05) is 20.8 Å². The smallest absolute Gasteiger partial charge is 0.321 e. The minimum atomic E-state index is -0.432. The van der Waals surface area contributed by atoms with E-state index in [2.05, 4.69) is 30.4 Å². The van der Waals surface area contributed by atoms with Crippen molar-refractivity contribution in [1.82, 2.24) is 25.5 Å². The lowest BCUT2D eigenvalue weighted by molar-refractivity contribution is -0.124. The molecule has 1 aromatic heterocycles. The largest absolute Gasteiger partial charge is 0.353 e. The maximum Gasteiger partial charge on any atom is 0.321 e. The lowest BCUT2D eigenvalue weighted by atomic mass is 10.2. The van der Waals surface area contributed by atoms with Crippen molar-refractivity contribution in [3.8, 4) is 0 Å². The summed E-state index contributed by atoms with van der Waals surface area (Å²) in [5, 5.41) is 5.10. The number of nitrogens with one attached hydrogen (secondary N) is 2. The number of rotatable bonds is 5. The second kappa shape index (κ2) is 8.58. The van der Waals surface area contributed by atoms with E-state index in [9.17, 15) is 9.59 Å². The lowest BCUT2D eigenvalue weighted by Crippen LogP contribution is -2.55. The Hall–Kier alpha value is -2.22. The first-order valence-electron chi connectivity index (χ1n) is 8.31. The predicted molar refractivity (Wildman–Crippen MR) is 91.7 cm³/mol. The number of aromatic nitrogens is 2. The number of imide groups is 1. The van der Waals surface area contributed by atoms with E-state index in [0.717, 1.165) is 32.0 Å². The molecule has 0 bridgehead atoms. The van der Waals surface area contributed by atoms with Crippen molar-refractivity contribution < 1.29 is 9.59 Å². The minimum Gasteiger partial charge on any atom is -0.353 e. The number of anilines is 1. The highest BCUT2D eigenvalue weighted by Gasteiger charge is 2.27. The molecule has 0 saturated carbocycles. The van der Waals surface area contributed by atoms with Gasteiger partial charge >= 0.3 is 6.03 Å². The van der Waals surface area contributed by atoms with Crippen LogP contribution in [-0.4, -0.2) is 65.6 Å². The molecule has 3 amide bonds. The fraction of sp³-hybridized carbons (Fsp3) is 0.625. The number of amides is 3. The average Bonchev–Trinajstić information content (AvgIpc) is 2.60. The maximum absolute atomic E-state index is 12.2. The van der Waals surface area contributed by atoms with Gasteiger partial charge in [0.25, 0.3) is 0 Å². The topological polar surface area (TPSA) is 90.5 Å². The van der Waals surface area contributed by atoms with E-state index >= 15 is 0 Å². The molecule has 1 unspecified atom stereocenters. The summed E-state index contributed by atoms with van der Waals surface area (Å²) in [7, 11) is 0. The van der Waals surface area contributed by atoms with Crippen molar-refractivity contribution in [1.29, 1.82) is 0 Å². The Morgan fingerprint density at radius 1 is 1.17 bits per heavy atom. The molecular weight excluding hydrogens is 308 g/mol. The second-order valence-electron chi connectivity index (χ2n) is 6.36. The predicted octanol–water partition coefficient (Wildman–Crippen LogP) is 0.469. The fourth-order valence-corrected chi connectivity index (χ4v) is 2.52. The quantitative estimate of drug-likeness (QED) is 0.813. The number of carbonyl (C=O) groups excluding carboxylic acids is 2. The molecule has 0 radical (unpaired) electrons. The SMILES string of the molecule is CC(C)CNC(=O)NC(=O)C(C)N1CCN(c2cnccn2)CC1. The summed E-state index contributed by atoms with van der Waals surface area (Å²) in [6.07, 6.45) is 5.06. The number of hydrogen-bond donors (Lipinski definition) is 2. The number of nitrogens with zero attached hydrogens (tertiary/aromatic N) is 4. The van der Waals surface area contributed by atoms with Gasteiger partial charge in [-0.1, -0.05) is 13.8 Å². The van der Waals surface area contributed by atoms with Gasteiger partial charge in [-0.15, -0.1) is 0 Å². The molecule has 8 heteroatoms. The minimum absolute atomic E-state index is 0.274. The summed E-state index contributed by atoms with van der Waals surface area (Å²) in [5.74, 6) is 0.920. The van der Waals surface area contributed by atoms with Crippen LogP contribution in [0.15, 0.2) is 18.6 Å². The number of urea groups is 1. The van der Waals surface area contributed by atoms with Gasteiger partial charge in [-0.3, -0.25) is 20.0 Å². The van der Waals surface area contributed by atoms with Gasteiger partial charge in [-0.25, -0.2) is 9.78 Å². The van der Waals surface area contributed by atoms with Gasteiger partial charge in [-0.2, -0.15) is 0 Å². The molecule has 2 heterocycles. The van der Waals surface area contributed by atoms with E-state index in [1.54, 1.807) is 18.6 Å². The molecule has 1 saturated heterocycles. The van der Waals surface area contributed by atoms with Crippen LogP contribution in [-0.2, 0) is 4.79 Å². The summed E-state index contributed by atoms with van der Waals surface area (Å²) in [4.78, 5) is 36.5. The molecule has 1 atom stereocenters. The van der Waals surface area contributed by atoms with E-state index in [4.69, 9.17) is 0 Å². The highest BCUT2D eigenvalue weighted by molar-refractivity contribution is 5.96. The zero-order valence-electron chi connectivity index (χ0n) is 14.5. The molecule has 1 aliphatic rings.